The van der Waals surface area contributed by atoms with E-state index in [9.17, 15) is 14.4 Å². The summed E-state index contributed by atoms with van der Waals surface area (Å²) in [7, 11) is 0. The van der Waals surface area contributed by atoms with Crippen molar-refractivity contribution in [2.24, 2.45) is 0 Å². The number of Topliss-reactive ketones (excluding diaryl/α,β-unsaturated/α-hetero) is 1. The highest BCUT2D eigenvalue weighted by Gasteiger charge is 2.24. The van der Waals surface area contributed by atoms with Crippen LogP contribution in [0.3, 0.4) is 0 Å². The van der Waals surface area contributed by atoms with Gasteiger partial charge < -0.3 is 4.98 Å². The summed E-state index contributed by atoms with van der Waals surface area (Å²) in [6.07, 6.45) is 2.97. The molecule has 4 aromatic rings. The molecule has 0 saturated carbocycles. The first kappa shape index (κ1) is 23.7. The first-order chi connectivity index (χ1) is 16.9. The van der Waals surface area contributed by atoms with Gasteiger partial charge in [-0.25, -0.2) is 4.68 Å². The SMILES string of the molecule is CCCc1c(C(=O)NNC(=O)c2cn(-c3ccccc3)nc2-c2ccccc2)[nH]c(C)c1C(C)=O. The highest BCUT2D eigenvalue weighted by molar-refractivity contribution is 6.04. The highest BCUT2D eigenvalue weighted by Crippen LogP contribution is 2.24. The predicted octanol–water partition coefficient (Wildman–Crippen LogP) is 4.41. The van der Waals surface area contributed by atoms with E-state index in [-0.39, 0.29) is 11.5 Å². The number of nitrogens with zero attached hydrogens (tertiary/aromatic N) is 2. The highest BCUT2D eigenvalue weighted by atomic mass is 16.2. The topological polar surface area (TPSA) is 109 Å². The number of hydrogen-bond donors (Lipinski definition) is 3. The Morgan fingerprint density at radius 3 is 2.20 bits per heavy atom. The van der Waals surface area contributed by atoms with Gasteiger partial charge in [-0.05, 0) is 38.0 Å². The molecule has 2 aromatic heterocycles. The summed E-state index contributed by atoms with van der Waals surface area (Å²) < 4.78 is 1.63. The lowest BCUT2D eigenvalue weighted by molar-refractivity contribution is 0.0844. The third-order valence-corrected chi connectivity index (χ3v) is 5.69. The molecule has 0 bridgehead atoms. The lowest BCUT2D eigenvalue weighted by atomic mass is 10.0. The summed E-state index contributed by atoms with van der Waals surface area (Å²) in [6, 6.07) is 18.8. The van der Waals surface area contributed by atoms with Gasteiger partial charge in [0.25, 0.3) is 11.8 Å². The monoisotopic (exact) mass is 469 g/mol. The minimum atomic E-state index is -0.519. The molecule has 2 aromatic carbocycles. The van der Waals surface area contributed by atoms with E-state index >= 15 is 0 Å². The lowest BCUT2D eigenvalue weighted by Gasteiger charge is -2.09. The number of carbonyl (C=O) groups excluding carboxylic acids is 3. The normalized spacial score (nSPS) is 10.7. The van der Waals surface area contributed by atoms with E-state index in [0.29, 0.717) is 34.5 Å². The summed E-state index contributed by atoms with van der Waals surface area (Å²) in [5.41, 5.74) is 9.45. The van der Waals surface area contributed by atoms with Crippen LogP contribution in [0.1, 0.15) is 62.7 Å². The second-order valence-corrected chi connectivity index (χ2v) is 8.23. The summed E-state index contributed by atoms with van der Waals surface area (Å²) in [5, 5.41) is 4.63. The quantitative estimate of drug-likeness (QED) is 0.275. The van der Waals surface area contributed by atoms with Crippen LogP contribution in [-0.4, -0.2) is 32.4 Å². The Morgan fingerprint density at radius 1 is 0.943 bits per heavy atom. The number of para-hydroxylation sites is 1. The fraction of sp³-hybridized carbons (Fsp3) is 0.185. The fourth-order valence-electron chi connectivity index (χ4n) is 4.15. The van der Waals surface area contributed by atoms with E-state index in [2.05, 4.69) is 20.9 Å². The van der Waals surface area contributed by atoms with Crippen molar-refractivity contribution in [1.29, 1.82) is 0 Å². The van der Waals surface area contributed by atoms with Gasteiger partial charge in [-0.3, -0.25) is 25.2 Å². The molecule has 2 heterocycles. The Hall–Kier alpha value is -4.46. The second kappa shape index (κ2) is 10.2. The third kappa shape index (κ3) is 4.91. The van der Waals surface area contributed by atoms with E-state index < -0.39 is 11.8 Å². The number of amides is 2. The number of benzene rings is 2. The molecule has 4 rings (SSSR count). The van der Waals surface area contributed by atoms with Crippen LogP contribution < -0.4 is 10.9 Å². The van der Waals surface area contributed by atoms with Gasteiger partial charge in [0, 0.05) is 23.0 Å². The van der Waals surface area contributed by atoms with Crippen molar-refractivity contribution < 1.29 is 14.4 Å². The van der Waals surface area contributed by atoms with Crippen molar-refractivity contribution in [2.75, 3.05) is 0 Å². The van der Waals surface area contributed by atoms with Crippen molar-refractivity contribution in [3.63, 3.8) is 0 Å². The van der Waals surface area contributed by atoms with Crippen molar-refractivity contribution >= 4 is 17.6 Å². The molecule has 8 heteroatoms. The van der Waals surface area contributed by atoms with E-state index in [0.717, 1.165) is 17.7 Å². The van der Waals surface area contributed by atoms with Gasteiger partial charge in [-0.2, -0.15) is 5.10 Å². The van der Waals surface area contributed by atoms with Crippen LogP contribution in [0.2, 0.25) is 0 Å². The lowest BCUT2D eigenvalue weighted by Crippen LogP contribution is -2.42. The van der Waals surface area contributed by atoms with E-state index in [4.69, 9.17) is 0 Å². The zero-order valence-corrected chi connectivity index (χ0v) is 19.9. The summed E-state index contributed by atoms with van der Waals surface area (Å²) in [5.74, 6) is -1.13. The van der Waals surface area contributed by atoms with Crippen LogP contribution in [0.25, 0.3) is 16.9 Å². The Morgan fingerprint density at radius 2 is 1.57 bits per heavy atom. The predicted molar refractivity (Wildman–Crippen MR) is 133 cm³/mol. The average Bonchev–Trinajstić information content (AvgIpc) is 3.45. The van der Waals surface area contributed by atoms with E-state index in [1.807, 2.05) is 67.6 Å². The summed E-state index contributed by atoms with van der Waals surface area (Å²) in [4.78, 5) is 41.2. The molecule has 0 aliphatic heterocycles. The van der Waals surface area contributed by atoms with Crippen molar-refractivity contribution in [2.45, 2.75) is 33.6 Å². The van der Waals surface area contributed by atoms with Crippen LogP contribution >= 0.6 is 0 Å². The van der Waals surface area contributed by atoms with Crippen LogP contribution in [0.5, 0.6) is 0 Å². The summed E-state index contributed by atoms with van der Waals surface area (Å²) >= 11 is 0. The maximum absolute atomic E-state index is 13.2. The molecule has 0 saturated heterocycles. The van der Waals surface area contributed by atoms with Gasteiger partial charge in [-0.1, -0.05) is 61.9 Å². The molecule has 0 atom stereocenters. The molecule has 8 nitrogen and oxygen atoms in total. The zero-order chi connectivity index (χ0) is 24.9. The number of aromatic nitrogens is 3. The smallest absolute Gasteiger partial charge is 0.286 e. The van der Waals surface area contributed by atoms with Crippen molar-refractivity contribution in [1.82, 2.24) is 25.6 Å². The fourth-order valence-corrected chi connectivity index (χ4v) is 4.15. The molecular formula is C27H27N5O3. The molecule has 178 valence electrons. The maximum Gasteiger partial charge on any atom is 0.286 e. The number of aryl methyl sites for hydroxylation is 1. The number of aromatic amines is 1. The summed E-state index contributed by atoms with van der Waals surface area (Å²) in [6.45, 7) is 5.22. The van der Waals surface area contributed by atoms with Crippen LogP contribution in [0.15, 0.2) is 66.9 Å². The number of ketones is 1. The van der Waals surface area contributed by atoms with E-state index in [1.54, 1.807) is 17.8 Å². The van der Waals surface area contributed by atoms with Gasteiger partial charge in [0.2, 0.25) is 0 Å². The first-order valence-corrected chi connectivity index (χ1v) is 11.4. The Labute approximate surface area is 203 Å². The van der Waals surface area contributed by atoms with Crippen LogP contribution in [0, 0.1) is 6.92 Å². The Bertz CT molecular complexity index is 1370. The van der Waals surface area contributed by atoms with Gasteiger partial charge in [-0.15, -0.1) is 0 Å². The number of nitrogens with one attached hydrogen (secondary N) is 3. The van der Waals surface area contributed by atoms with E-state index in [1.165, 1.54) is 6.92 Å². The van der Waals surface area contributed by atoms with Gasteiger partial charge in [0.1, 0.15) is 11.4 Å². The molecule has 0 unspecified atom stereocenters. The zero-order valence-electron chi connectivity index (χ0n) is 19.9. The van der Waals surface area contributed by atoms with Crippen molar-refractivity contribution in [3.8, 4) is 16.9 Å². The third-order valence-electron chi connectivity index (χ3n) is 5.69. The Kier molecular flexibility index (Phi) is 6.91. The molecule has 0 aliphatic carbocycles. The molecular weight excluding hydrogens is 442 g/mol. The number of hydrogen-bond acceptors (Lipinski definition) is 4. The molecule has 0 fully saturated rings. The number of carbonyl (C=O) groups is 3. The molecule has 0 aliphatic rings. The molecule has 2 amide bonds. The van der Waals surface area contributed by atoms with Crippen LogP contribution in [-0.2, 0) is 6.42 Å². The first-order valence-electron chi connectivity index (χ1n) is 11.4. The maximum atomic E-state index is 13.2. The largest absolute Gasteiger partial charge is 0.354 e. The molecule has 35 heavy (non-hydrogen) atoms. The average molecular weight is 470 g/mol. The number of hydrazine groups is 1. The van der Waals surface area contributed by atoms with Gasteiger partial charge >= 0.3 is 0 Å². The standard InChI is InChI=1S/C27H27N5O3/c1-4-11-21-23(18(3)33)17(2)28-25(21)27(35)30-29-26(34)22-16-32(20-14-9-6-10-15-20)31-24(22)19-12-7-5-8-13-19/h5-10,12-16,28H,4,11H2,1-3H3,(H,29,34)(H,30,35). The van der Waals surface area contributed by atoms with Crippen molar-refractivity contribution in [3.05, 3.63) is 94.9 Å². The number of H-pyrrole nitrogens is 1. The Balaban J connectivity index is 1.61. The minimum absolute atomic E-state index is 0.105. The van der Waals surface area contributed by atoms with Gasteiger partial charge in [0.15, 0.2) is 5.78 Å². The molecule has 3 N–H and O–H groups in total. The van der Waals surface area contributed by atoms with Crippen LogP contribution in [0.4, 0.5) is 0 Å². The van der Waals surface area contributed by atoms with Gasteiger partial charge in [0.05, 0.1) is 11.3 Å². The molecule has 0 spiro atoms. The minimum Gasteiger partial charge on any atom is -0.354 e. The number of rotatable bonds is 7. The second-order valence-electron chi connectivity index (χ2n) is 8.23. The molecule has 0 radical (unpaired) electrons.